The molecule has 0 atom stereocenters. The van der Waals surface area contributed by atoms with Crippen LogP contribution in [0.4, 0.5) is 5.69 Å². The van der Waals surface area contributed by atoms with Crippen LogP contribution in [-0.4, -0.2) is 25.1 Å². The van der Waals surface area contributed by atoms with Crippen molar-refractivity contribution in [3.05, 3.63) is 58.0 Å². The molecule has 120 valence electrons. The number of amides is 1. The van der Waals surface area contributed by atoms with Crippen LogP contribution in [0.15, 0.2) is 53.0 Å². The molecular formula is C16H13BrClNO4. The summed E-state index contributed by atoms with van der Waals surface area (Å²) in [4.78, 5) is 23.2. The molecule has 0 aliphatic rings. The van der Waals surface area contributed by atoms with Crippen LogP contribution in [0, 0.1) is 0 Å². The number of hydrogen-bond acceptors (Lipinski definition) is 4. The Morgan fingerprint density at radius 2 is 1.83 bits per heavy atom. The van der Waals surface area contributed by atoms with E-state index in [2.05, 4.69) is 21.2 Å². The first-order valence-corrected chi connectivity index (χ1v) is 7.79. The SMILES string of the molecule is O=C(COC(=O)COc1cccc(Br)c1)Nc1ccc(Cl)cc1. The summed E-state index contributed by atoms with van der Waals surface area (Å²) in [7, 11) is 0. The zero-order valence-electron chi connectivity index (χ0n) is 11.9. The third-order valence-electron chi connectivity index (χ3n) is 2.64. The van der Waals surface area contributed by atoms with E-state index in [1.807, 2.05) is 6.07 Å². The third kappa shape index (κ3) is 6.30. The lowest BCUT2D eigenvalue weighted by Crippen LogP contribution is -2.23. The van der Waals surface area contributed by atoms with E-state index in [1.165, 1.54) is 0 Å². The number of anilines is 1. The van der Waals surface area contributed by atoms with Crippen molar-refractivity contribution >= 4 is 45.1 Å². The minimum absolute atomic E-state index is 0.273. The third-order valence-corrected chi connectivity index (χ3v) is 3.39. The van der Waals surface area contributed by atoms with Gasteiger partial charge in [0.15, 0.2) is 13.2 Å². The number of rotatable bonds is 6. The number of nitrogens with one attached hydrogen (secondary N) is 1. The van der Waals surface area contributed by atoms with Crippen molar-refractivity contribution in [2.45, 2.75) is 0 Å². The van der Waals surface area contributed by atoms with Gasteiger partial charge in [0.05, 0.1) is 0 Å². The van der Waals surface area contributed by atoms with Gasteiger partial charge < -0.3 is 14.8 Å². The molecule has 0 aromatic heterocycles. The van der Waals surface area contributed by atoms with Crippen molar-refractivity contribution in [2.75, 3.05) is 18.5 Å². The van der Waals surface area contributed by atoms with Crippen LogP contribution in [-0.2, 0) is 14.3 Å². The van der Waals surface area contributed by atoms with Crippen LogP contribution in [0.25, 0.3) is 0 Å². The fourth-order valence-corrected chi connectivity index (χ4v) is 2.12. The lowest BCUT2D eigenvalue weighted by Gasteiger charge is -2.08. The maximum atomic E-state index is 11.7. The number of esters is 1. The van der Waals surface area contributed by atoms with Gasteiger partial charge in [-0.1, -0.05) is 33.6 Å². The second-order valence-corrected chi connectivity index (χ2v) is 5.81. The fraction of sp³-hybridized carbons (Fsp3) is 0.125. The van der Waals surface area contributed by atoms with Gasteiger partial charge in [-0.25, -0.2) is 4.79 Å². The lowest BCUT2D eigenvalue weighted by atomic mass is 10.3. The topological polar surface area (TPSA) is 64.6 Å². The van der Waals surface area contributed by atoms with Crippen LogP contribution in [0.2, 0.25) is 5.02 Å². The number of carbonyl (C=O) groups is 2. The summed E-state index contributed by atoms with van der Waals surface area (Å²) in [5.41, 5.74) is 0.570. The van der Waals surface area contributed by atoms with E-state index in [0.717, 1.165) is 4.47 Å². The molecule has 2 aromatic carbocycles. The smallest absolute Gasteiger partial charge is 0.344 e. The van der Waals surface area contributed by atoms with Gasteiger partial charge in [0.2, 0.25) is 0 Å². The second-order valence-electron chi connectivity index (χ2n) is 4.46. The molecule has 0 aliphatic heterocycles. The fourth-order valence-electron chi connectivity index (χ4n) is 1.62. The summed E-state index contributed by atoms with van der Waals surface area (Å²) in [6.07, 6.45) is 0. The number of benzene rings is 2. The van der Waals surface area contributed by atoms with E-state index in [1.54, 1.807) is 42.5 Å². The Kier molecular flexibility index (Phi) is 6.43. The predicted octanol–water partition coefficient (Wildman–Crippen LogP) is 3.66. The summed E-state index contributed by atoms with van der Waals surface area (Å²) in [5, 5.41) is 3.15. The Morgan fingerprint density at radius 3 is 2.52 bits per heavy atom. The molecule has 1 amide bonds. The average Bonchev–Trinajstić information content (AvgIpc) is 2.53. The number of ether oxygens (including phenoxy) is 2. The summed E-state index contributed by atoms with van der Waals surface area (Å²) in [6, 6.07) is 13.7. The van der Waals surface area contributed by atoms with Gasteiger partial charge >= 0.3 is 5.97 Å². The van der Waals surface area contributed by atoms with Crippen molar-refractivity contribution in [1.29, 1.82) is 0 Å². The molecule has 0 saturated carbocycles. The maximum Gasteiger partial charge on any atom is 0.344 e. The first-order chi connectivity index (χ1) is 11.0. The molecule has 7 heteroatoms. The van der Waals surface area contributed by atoms with Crippen LogP contribution in [0.3, 0.4) is 0 Å². The molecule has 23 heavy (non-hydrogen) atoms. The molecule has 0 aliphatic carbocycles. The number of halogens is 2. The highest BCUT2D eigenvalue weighted by Crippen LogP contribution is 2.17. The normalized spacial score (nSPS) is 10.0. The van der Waals surface area contributed by atoms with Crippen LogP contribution in [0.1, 0.15) is 0 Å². The molecular weight excluding hydrogens is 386 g/mol. The molecule has 2 aromatic rings. The van der Waals surface area contributed by atoms with Crippen molar-refractivity contribution in [2.24, 2.45) is 0 Å². The van der Waals surface area contributed by atoms with Crippen LogP contribution < -0.4 is 10.1 Å². The van der Waals surface area contributed by atoms with Crippen molar-refractivity contribution in [1.82, 2.24) is 0 Å². The van der Waals surface area contributed by atoms with E-state index in [4.69, 9.17) is 21.1 Å². The summed E-state index contributed by atoms with van der Waals surface area (Å²) >= 11 is 9.04. The summed E-state index contributed by atoms with van der Waals surface area (Å²) < 4.78 is 10.9. The van der Waals surface area contributed by atoms with Gasteiger partial charge in [-0.2, -0.15) is 0 Å². The molecule has 0 fully saturated rings. The van der Waals surface area contributed by atoms with E-state index in [9.17, 15) is 9.59 Å². The Bertz CT molecular complexity index is 691. The quantitative estimate of drug-likeness (QED) is 0.754. The Morgan fingerprint density at radius 1 is 1.09 bits per heavy atom. The number of hydrogen-bond donors (Lipinski definition) is 1. The Balaban J connectivity index is 1.71. The van der Waals surface area contributed by atoms with Gasteiger partial charge in [0.25, 0.3) is 5.91 Å². The Labute approximate surface area is 146 Å². The molecule has 0 unspecified atom stereocenters. The second kappa shape index (κ2) is 8.55. The van der Waals surface area contributed by atoms with E-state index in [0.29, 0.717) is 16.5 Å². The van der Waals surface area contributed by atoms with Crippen molar-refractivity contribution < 1.29 is 19.1 Å². The van der Waals surface area contributed by atoms with Crippen molar-refractivity contribution in [3.8, 4) is 5.75 Å². The predicted molar refractivity (Wildman–Crippen MR) is 90.7 cm³/mol. The standard InChI is InChI=1S/C16H13BrClNO4/c17-11-2-1-3-14(8-11)22-10-16(21)23-9-15(20)19-13-6-4-12(18)5-7-13/h1-8H,9-10H2,(H,19,20). The highest BCUT2D eigenvalue weighted by Gasteiger charge is 2.09. The molecule has 0 bridgehead atoms. The highest BCUT2D eigenvalue weighted by atomic mass is 79.9. The zero-order valence-corrected chi connectivity index (χ0v) is 14.3. The molecule has 0 saturated heterocycles. The van der Waals surface area contributed by atoms with Gasteiger partial charge in [-0.05, 0) is 42.5 Å². The Hall–Kier alpha value is -2.05. The number of carbonyl (C=O) groups excluding carboxylic acids is 2. The molecule has 0 heterocycles. The molecule has 5 nitrogen and oxygen atoms in total. The maximum absolute atomic E-state index is 11.7. The summed E-state index contributed by atoms with van der Waals surface area (Å²) in [6.45, 7) is -0.659. The van der Waals surface area contributed by atoms with E-state index in [-0.39, 0.29) is 13.2 Å². The first kappa shape index (κ1) is 17.3. The van der Waals surface area contributed by atoms with Gasteiger partial charge in [0.1, 0.15) is 5.75 Å². The van der Waals surface area contributed by atoms with Crippen LogP contribution in [0.5, 0.6) is 5.75 Å². The summed E-state index contributed by atoms with van der Waals surface area (Å²) in [5.74, 6) is -0.540. The van der Waals surface area contributed by atoms with Gasteiger partial charge in [-0.15, -0.1) is 0 Å². The highest BCUT2D eigenvalue weighted by molar-refractivity contribution is 9.10. The monoisotopic (exact) mass is 397 g/mol. The van der Waals surface area contributed by atoms with Gasteiger partial charge in [-0.3, -0.25) is 4.79 Å². The van der Waals surface area contributed by atoms with Gasteiger partial charge in [0, 0.05) is 15.2 Å². The molecule has 1 N–H and O–H groups in total. The lowest BCUT2D eigenvalue weighted by molar-refractivity contribution is -0.149. The van der Waals surface area contributed by atoms with Crippen molar-refractivity contribution in [3.63, 3.8) is 0 Å². The van der Waals surface area contributed by atoms with E-state index >= 15 is 0 Å². The molecule has 2 rings (SSSR count). The minimum atomic E-state index is -0.628. The molecule has 0 spiro atoms. The zero-order chi connectivity index (χ0) is 16.7. The first-order valence-electron chi connectivity index (χ1n) is 6.62. The average molecular weight is 399 g/mol. The largest absolute Gasteiger partial charge is 0.482 e. The van der Waals surface area contributed by atoms with Crippen LogP contribution >= 0.6 is 27.5 Å². The molecule has 0 radical (unpaired) electrons. The minimum Gasteiger partial charge on any atom is -0.482 e. The van der Waals surface area contributed by atoms with E-state index < -0.39 is 11.9 Å².